The van der Waals surface area contributed by atoms with Crippen LogP contribution in [0.5, 0.6) is 0 Å². The van der Waals surface area contributed by atoms with Gasteiger partial charge in [-0.05, 0) is 31.2 Å². The van der Waals surface area contributed by atoms with Gasteiger partial charge in [-0.2, -0.15) is 16.2 Å². The van der Waals surface area contributed by atoms with Crippen LogP contribution in [-0.2, 0) is 0 Å². The number of para-hydroxylation sites is 1. The first-order chi connectivity index (χ1) is 9.58. The molecule has 2 rings (SSSR count). The highest BCUT2D eigenvalue weighted by atomic mass is 32.2. The number of hydrogen-bond donors (Lipinski definition) is 1. The molecule has 1 N–H and O–H groups in total. The maximum absolute atomic E-state index is 13.6. The van der Waals surface area contributed by atoms with Gasteiger partial charge in [-0.3, -0.25) is 10.1 Å². The quantitative estimate of drug-likeness (QED) is 0.653. The van der Waals surface area contributed by atoms with E-state index in [4.69, 9.17) is 0 Å². The van der Waals surface area contributed by atoms with Crippen molar-refractivity contribution in [2.45, 2.75) is 36.9 Å². The molecule has 1 aromatic carbocycles. The highest BCUT2D eigenvalue weighted by Crippen LogP contribution is 2.39. The molecular weight excluding hydrogens is 279 g/mol. The first kappa shape index (κ1) is 15.1. The van der Waals surface area contributed by atoms with Gasteiger partial charge in [-0.1, -0.05) is 25.3 Å². The van der Waals surface area contributed by atoms with Crippen LogP contribution in [0.4, 0.5) is 15.8 Å². The summed E-state index contributed by atoms with van der Waals surface area (Å²) >= 11 is 1.80. The molecule has 1 aliphatic carbocycles. The highest BCUT2D eigenvalue weighted by molar-refractivity contribution is 8.00. The molecule has 0 heterocycles. The van der Waals surface area contributed by atoms with Crippen molar-refractivity contribution < 1.29 is 9.31 Å². The molecule has 0 spiro atoms. The van der Waals surface area contributed by atoms with E-state index in [9.17, 15) is 14.5 Å². The Labute approximate surface area is 122 Å². The van der Waals surface area contributed by atoms with Crippen LogP contribution in [0.25, 0.3) is 0 Å². The lowest BCUT2D eigenvalue weighted by Gasteiger charge is -2.36. The van der Waals surface area contributed by atoms with Gasteiger partial charge in [0.25, 0.3) is 0 Å². The first-order valence-corrected chi connectivity index (χ1v) is 8.02. The molecule has 1 saturated carbocycles. The molecule has 0 amide bonds. The van der Waals surface area contributed by atoms with Crippen molar-refractivity contribution >= 4 is 23.1 Å². The molecule has 4 nitrogen and oxygen atoms in total. The zero-order valence-corrected chi connectivity index (χ0v) is 12.3. The van der Waals surface area contributed by atoms with Crippen molar-refractivity contribution in [3.8, 4) is 0 Å². The van der Waals surface area contributed by atoms with Gasteiger partial charge in [-0.15, -0.1) is 0 Å². The zero-order valence-electron chi connectivity index (χ0n) is 11.5. The Kier molecular flexibility index (Phi) is 4.86. The number of anilines is 1. The second kappa shape index (κ2) is 6.43. The lowest BCUT2D eigenvalue weighted by atomic mass is 9.88. The molecule has 1 aromatic rings. The van der Waals surface area contributed by atoms with Crippen LogP contribution in [0.15, 0.2) is 18.2 Å². The summed E-state index contributed by atoms with van der Waals surface area (Å²) in [6.45, 7) is 0.637. The summed E-state index contributed by atoms with van der Waals surface area (Å²) in [5.74, 6) is -0.790. The predicted octanol–water partition coefficient (Wildman–Crippen LogP) is 4.21. The number of rotatable bonds is 5. The molecule has 6 heteroatoms. The SMILES string of the molecule is CSC1(CNc2cccc(F)c2[N+](=O)[O-])CCCCC1. The van der Waals surface area contributed by atoms with E-state index in [1.54, 1.807) is 17.8 Å². The number of nitrogens with one attached hydrogen (secondary N) is 1. The molecule has 0 aliphatic heterocycles. The standard InChI is InChI=1S/C14H19FN2O2S/c1-20-14(8-3-2-4-9-14)10-16-12-7-5-6-11(15)13(12)17(18)19/h5-7,16H,2-4,8-10H2,1H3. The minimum Gasteiger partial charge on any atom is -0.378 e. The van der Waals surface area contributed by atoms with Crippen LogP contribution in [0.1, 0.15) is 32.1 Å². The Morgan fingerprint density at radius 3 is 2.70 bits per heavy atom. The number of nitro groups is 1. The van der Waals surface area contributed by atoms with Gasteiger partial charge in [0, 0.05) is 11.3 Å². The third-order valence-electron chi connectivity index (χ3n) is 3.97. The largest absolute Gasteiger partial charge is 0.378 e. The summed E-state index contributed by atoms with van der Waals surface area (Å²) in [7, 11) is 0. The summed E-state index contributed by atoms with van der Waals surface area (Å²) in [5, 5.41) is 14.1. The van der Waals surface area contributed by atoms with E-state index in [0.717, 1.165) is 18.9 Å². The Morgan fingerprint density at radius 2 is 2.10 bits per heavy atom. The van der Waals surface area contributed by atoms with Crippen molar-refractivity contribution in [1.29, 1.82) is 0 Å². The summed E-state index contributed by atoms with van der Waals surface area (Å²) in [5.41, 5.74) is -0.187. The molecule has 0 atom stereocenters. The van der Waals surface area contributed by atoms with Crippen molar-refractivity contribution in [3.05, 3.63) is 34.1 Å². The molecule has 0 aromatic heterocycles. The van der Waals surface area contributed by atoms with E-state index in [2.05, 4.69) is 11.6 Å². The fourth-order valence-corrected chi connectivity index (χ4v) is 3.66. The van der Waals surface area contributed by atoms with Gasteiger partial charge in [0.1, 0.15) is 5.69 Å². The van der Waals surface area contributed by atoms with Crippen molar-refractivity contribution in [3.63, 3.8) is 0 Å². The predicted molar refractivity (Wildman–Crippen MR) is 80.9 cm³/mol. The van der Waals surface area contributed by atoms with Crippen LogP contribution in [-0.4, -0.2) is 22.5 Å². The lowest BCUT2D eigenvalue weighted by molar-refractivity contribution is -0.386. The fraction of sp³-hybridized carbons (Fsp3) is 0.571. The van der Waals surface area contributed by atoms with Gasteiger partial charge < -0.3 is 5.32 Å². The van der Waals surface area contributed by atoms with E-state index >= 15 is 0 Å². The number of halogens is 1. The van der Waals surface area contributed by atoms with Gasteiger partial charge >= 0.3 is 5.69 Å². The molecule has 1 aliphatic rings. The number of nitrogens with zero attached hydrogens (tertiary/aromatic N) is 1. The zero-order chi connectivity index (χ0) is 14.6. The van der Waals surface area contributed by atoms with E-state index in [0.29, 0.717) is 6.54 Å². The monoisotopic (exact) mass is 298 g/mol. The Bertz CT molecular complexity index is 490. The first-order valence-electron chi connectivity index (χ1n) is 6.80. The Hall–Kier alpha value is -1.30. The lowest BCUT2D eigenvalue weighted by Crippen LogP contribution is -2.35. The summed E-state index contributed by atoms with van der Waals surface area (Å²) in [6.07, 6.45) is 7.91. The van der Waals surface area contributed by atoms with E-state index in [1.807, 2.05) is 0 Å². The molecule has 0 saturated heterocycles. The topological polar surface area (TPSA) is 55.2 Å². The van der Waals surface area contributed by atoms with Crippen molar-refractivity contribution in [2.24, 2.45) is 0 Å². The third kappa shape index (κ3) is 3.23. The second-order valence-corrected chi connectivity index (χ2v) is 6.47. The smallest absolute Gasteiger partial charge is 0.327 e. The highest BCUT2D eigenvalue weighted by Gasteiger charge is 2.32. The van der Waals surface area contributed by atoms with Gasteiger partial charge in [-0.25, -0.2) is 0 Å². The maximum Gasteiger partial charge on any atom is 0.327 e. The molecule has 0 unspecified atom stereocenters. The molecule has 0 bridgehead atoms. The van der Waals surface area contributed by atoms with Crippen LogP contribution < -0.4 is 5.32 Å². The molecule has 1 fully saturated rings. The van der Waals surface area contributed by atoms with E-state index < -0.39 is 16.4 Å². The van der Waals surface area contributed by atoms with E-state index in [-0.39, 0.29) is 10.4 Å². The van der Waals surface area contributed by atoms with Crippen LogP contribution in [0, 0.1) is 15.9 Å². The van der Waals surface area contributed by atoms with E-state index in [1.165, 1.54) is 25.3 Å². The number of thioether (sulfide) groups is 1. The number of benzene rings is 1. The Morgan fingerprint density at radius 1 is 1.40 bits per heavy atom. The minimum absolute atomic E-state index is 0.110. The summed E-state index contributed by atoms with van der Waals surface area (Å²) in [6, 6.07) is 4.18. The fourth-order valence-electron chi connectivity index (χ4n) is 2.75. The molecular formula is C14H19FN2O2S. The van der Waals surface area contributed by atoms with Gasteiger partial charge in [0.15, 0.2) is 0 Å². The minimum atomic E-state index is -0.790. The van der Waals surface area contributed by atoms with Crippen molar-refractivity contribution in [1.82, 2.24) is 0 Å². The van der Waals surface area contributed by atoms with Crippen LogP contribution >= 0.6 is 11.8 Å². The molecule has 20 heavy (non-hydrogen) atoms. The molecule has 0 radical (unpaired) electrons. The number of nitro benzene ring substituents is 1. The Balaban J connectivity index is 2.14. The van der Waals surface area contributed by atoms with Crippen molar-refractivity contribution in [2.75, 3.05) is 18.1 Å². The number of hydrogen-bond acceptors (Lipinski definition) is 4. The molecule has 110 valence electrons. The van der Waals surface area contributed by atoms with Gasteiger partial charge in [0.05, 0.1) is 4.92 Å². The van der Waals surface area contributed by atoms with Crippen LogP contribution in [0.3, 0.4) is 0 Å². The summed E-state index contributed by atoms with van der Waals surface area (Å²) in [4.78, 5) is 10.3. The average molecular weight is 298 g/mol. The second-order valence-electron chi connectivity index (χ2n) is 5.19. The van der Waals surface area contributed by atoms with Gasteiger partial charge in [0.2, 0.25) is 5.82 Å². The summed E-state index contributed by atoms with van der Waals surface area (Å²) < 4.78 is 13.7. The normalized spacial score (nSPS) is 17.7. The average Bonchev–Trinajstić information content (AvgIpc) is 2.45. The maximum atomic E-state index is 13.6. The van der Waals surface area contributed by atoms with Crippen LogP contribution in [0.2, 0.25) is 0 Å². The third-order valence-corrected chi connectivity index (χ3v) is 5.39.